The van der Waals surface area contributed by atoms with Crippen molar-refractivity contribution in [2.45, 2.75) is 50.8 Å². The minimum absolute atomic E-state index is 0.306. The van der Waals surface area contributed by atoms with E-state index < -0.39 is 0 Å². The van der Waals surface area contributed by atoms with Crippen molar-refractivity contribution in [2.24, 2.45) is 0 Å². The Balaban J connectivity index is 2.23. The highest BCUT2D eigenvalue weighted by atomic mass is 32.2. The molecule has 0 aliphatic carbocycles. The van der Waals surface area contributed by atoms with Gasteiger partial charge in [-0.2, -0.15) is 11.8 Å². The molecule has 1 fully saturated rings. The van der Waals surface area contributed by atoms with E-state index in [2.05, 4.69) is 49.1 Å². The molecule has 1 heterocycles. The summed E-state index contributed by atoms with van der Waals surface area (Å²) >= 11 is 2.11. The second kappa shape index (κ2) is 7.37. The third-order valence-electron chi connectivity index (χ3n) is 3.96. The van der Waals surface area contributed by atoms with Gasteiger partial charge in [0.25, 0.3) is 0 Å². The molecular formula is C17H27NOS. The van der Waals surface area contributed by atoms with Gasteiger partial charge in [0.1, 0.15) is 5.75 Å². The summed E-state index contributed by atoms with van der Waals surface area (Å²) in [5.41, 5.74) is 1.36. The molecule has 0 aromatic heterocycles. The molecule has 2 atom stereocenters. The largest absolute Gasteiger partial charge is 0.494 e. The zero-order valence-corrected chi connectivity index (χ0v) is 13.8. The fraction of sp³-hybridized carbons (Fsp3) is 0.647. The van der Waals surface area contributed by atoms with Gasteiger partial charge in [-0.05, 0) is 63.1 Å². The molecule has 1 aromatic rings. The second-order valence-corrected chi connectivity index (χ2v) is 7.29. The Morgan fingerprint density at radius 2 is 2.25 bits per heavy atom. The molecule has 1 aliphatic heterocycles. The number of ether oxygens (including phenoxy) is 1. The standard InChI is InChI=1S/C17H27NOS/c1-4-11-18-16(17(3)10-7-12-20-17)14-8-6-9-15(13-14)19-5-2/h6,8-9,13,16,18H,4-5,7,10-12H2,1-3H3. The molecule has 1 saturated heterocycles. The number of hydrogen-bond acceptors (Lipinski definition) is 3. The van der Waals surface area contributed by atoms with Gasteiger partial charge < -0.3 is 10.1 Å². The van der Waals surface area contributed by atoms with Gasteiger partial charge in [-0.15, -0.1) is 0 Å². The van der Waals surface area contributed by atoms with Gasteiger partial charge in [-0.3, -0.25) is 0 Å². The van der Waals surface area contributed by atoms with Crippen LogP contribution in [0.3, 0.4) is 0 Å². The van der Waals surface area contributed by atoms with Crippen LogP contribution in [0.2, 0.25) is 0 Å². The van der Waals surface area contributed by atoms with Crippen LogP contribution in [0, 0.1) is 0 Å². The zero-order valence-electron chi connectivity index (χ0n) is 12.9. The minimum Gasteiger partial charge on any atom is -0.494 e. The Labute approximate surface area is 127 Å². The fourth-order valence-electron chi connectivity index (χ4n) is 2.95. The Kier molecular flexibility index (Phi) is 5.79. The maximum absolute atomic E-state index is 5.66. The van der Waals surface area contributed by atoms with Gasteiger partial charge >= 0.3 is 0 Å². The first kappa shape index (κ1) is 15.7. The van der Waals surface area contributed by atoms with Crippen LogP contribution in [0.25, 0.3) is 0 Å². The zero-order chi connectivity index (χ0) is 14.4. The predicted molar refractivity (Wildman–Crippen MR) is 88.7 cm³/mol. The van der Waals surface area contributed by atoms with Crippen LogP contribution in [0.1, 0.15) is 51.6 Å². The lowest BCUT2D eigenvalue weighted by atomic mass is 9.90. The van der Waals surface area contributed by atoms with E-state index in [0.717, 1.165) is 18.9 Å². The highest BCUT2D eigenvalue weighted by Gasteiger charge is 2.38. The summed E-state index contributed by atoms with van der Waals surface area (Å²) in [5.74, 6) is 2.27. The Hall–Kier alpha value is -0.670. The van der Waals surface area contributed by atoms with Gasteiger partial charge in [0.15, 0.2) is 0 Å². The van der Waals surface area contributed by atoms with Crippen LogP contribution < -0.4 is 10.1 Å². The number of hydrogen-bond donors (Lipinski definition) is 1. The number of thioether (sulfide) groups is 1. The normalized spacial score (nSPS) is 23.8. The van der Waals surface area contributed by atoms with Gasteiger partial charge in [0, 0.05) is 10.8 Å². The first-order valence-corrected chi connectivity index (χ1v) is 8.78. The lowest BCUT2D eigenvalue weighted by molar-refractivity contribution is 0.338. The van der Waals surface area contributed by atoms with Crippen molar-refractivity contribution < 1.29 is 4.74 Å². The van der Waals surface area contributed by atoms with E-state index in [0.29, 0.717) is 10.8 Å². The summed E-state index contributed by atoms with van der Waals surface area (Å²) in [5, 5.41) is 3.76. The van der Waals surface area contributed by atoms with Crippen LogP contribution in [0.15, 0.2) is 24.3 Å². The summed E-state index contributed by atoms with van der Waals surface area (Å²) in [4.78, 5) is 0. The highest BCUT2D eigenvalue weighted by molar-refractivity contribution is 8.00. The summed E-state index contributed by atoms with van der Waals surface area (Å²) in [6, 6.07) is 9.02. The Morgan fingerprint density at radius 1 is 1.40 bits per heavy atom. The quantitative estimate of drug-likeness (QED) is 0.804. The van der Waals surface area contributed by atoms with Crippen molar-refractivity contribution in [1.29, 1.82) is 0 Å². The maximum atomic E-state index is 5.66. The van der Waals surface area contributed by atoms with Crippen LogP contribution in [0.4, 0.5) is 0 Å². The SMILES string of the molecule is CCCNC(c1cccc(OCC)c1)C1(C)CCCS1. The summed E-state index contributed by atoms with van der Waals surface area (Å²) in [6.07, 6.45) is 3.79. The summed E-state index contributed by atoms with van der Waals surface area (Å²) in [7, 11) is 0. The van der Waals surface area contributed by atoms with Crippen molar-refractivity contribution in [1.82, 2.24) is 5.32 Å². The molecule has 0 saturated carbocycles. The van der Waals surface area contributed by atoms with E-state index in [9.17, 15) is 0 Å². The maximum Gasteiger partial charge on any atom is 0.119 e. The van der Waals surface area contributed by atoms with Crippen molar-refractivity contribution in [3.8, 4) is 5.75 Å². The molecule has 2 nitrogen and oxygen atoms in total. The van der Waals surface area contributed by atoms with Crippen molar-refractivity contribution in [3.63, 3.8) is 0 Å². The molecule has 1 aliphatic rings. The van der Waals surface area contributed by atoms with Gasteiger partial charge in [0.05, 0.1) is 6.61 Å². The van der Waals surface area contributed by atoms with E-state index in [4.69, 9.17) is 4.74 Å². The van der Waals surface area contributed by atoms with Crippen LogP contribution >= 0.6 is 11.8 Å². The molecule has 1 N–H and O–H groups in total. The number of benzene rings is 1. The average molecular weight is 293 g/mol. The summed E-state index contributed by atoms with van der Waals surface area (Å²) in [6.45, 7) is 8.46. The van der Waals surface area contributed by atoms with E-state index in [1.807, 2.05) is 13.0 Å². The van der Waals surface area contributed by atoms with Crippen molar-refractivity contribution in [3.05, 3.63) is 29.8 Å². The topological polar surface area (TPSA) is 21.3 Å². The molecule has 112 valence electrons. The van der Waals surface area contributed by atoms with E-state index >= 15 is 0 Å². The van der Waals surface area contributed by atoms with Gasteiger partial charge in [0.2, 0.25) is 0 Å². The number of nitrogens with one attached hydrogen (secondary N) is 1. The Morgan fingerprint density at radius 3 is 2.90 bits per heavy atom. The third kappa shape index (κ3) is 3.70. The Bertz CT molecular complexity index is 415. The third-order valence-corrected chi connectivity index (χ3v) is 5.55. The first-order chi connectivity index (χ1) is 9.69. The molecule has 2 rings (SSSR count). The van der Waals surface area contributed by atoms with E-state index in [1.54, 1.807) is 0 Å². The lowest BCUT2D eigenvalue weighted by Crippen LogP contribution is -2.38. The van der Waals surface area contributed by atoms with Gasteiger partial charge in [-0.25, -0.2) is 0 Å². The lowest BCUT2D eigenvalue weighted by Gasteiger charge is -2.34. The molecule has 0 spiro atoms. The van der Waals surface area contributed by atoms with Crippen LogP contribution in [-0.4, -0.2) is 23.7 Å². The number of rotatable bonds is 7. The van der Waals surface area contributed by atoms with Crippen LogP contribution in [0.5, 0.6) is 5.75 Å². The average Bonchev–Trinajstić information content (AvgIpc) is 2.88. The van der Waals surface area contributed by atoms with Gasteiger partial charge in [-0.1, -0.05) is 19.1 Å². The molecule has 2 unspecified atom stereocenters. The first-order valence-electron chi connectivity index (χ1n) is 7.79. The molecule has 0 radical (unpaired) electrons. The molecule has 3 heteroatoms. The monoisotopic (exact) mass is 293 g/mol. The second-order valence-electron chi connectivity index (χ2n) is 5.66. The van der Waals surface area contributed by atoms with E-state index in [-0.39, 0.29) is 0 Å². The smallest absolute Gasteiger partial charge is 0.119 e. The van der Waals surface area contributed by atoms with E-state index in [1.165, 1.54) is 30.6 Å². The predicted octanol–water partition coefficient (Wildman–Crippen LogP) is 4.41. The molecule has 20 heavy (non-hydrogen) atoms. The molecule has 1 aromatic carbocycles. The minimum atomic E-state index is 0.306. The van der Waals surface area contributed by atoms with Crippen molar-refractivity contribution in [2.75, 3.05) is 18.9 Å². The fourth-order valence-corrected chi connectivity index (χ4v) is 4.38. The molecular weight excluding hydrogens is 266 g/mol. The molecule has 0 amide bonds. The highest BCUT2D eigenvalue weighted by Crippen LogP contribution is 2.46. The van der Waals surface area contributed by atoms with Crippen LogP contribution in [-0.2, 0) is 0 Å². The van der Waals surface area contributed by atoms with Crippen molar-refractivity contribution >= 4 is 11.8 Å². The summed E-state index contributed by atoms with van der Waals surface area (Å²) < 4.78 is 5.97. The molecule has 0 bridgehead atoms.